The molecule has 0 saturated heterocycles. The van der Waals surface area contributed by atoms with Gasteiger partial charge in [-0.15, -0.1) is 0 Å². The highest BCUT2D eigenvalue weighted by Crippen LogP contribution is 2.36. The van der Waals surface area contributed by atoms with Crippen molar-refractivity contribution in [3.05, 3.63) is 59.7 Å². The molecule has 0 fully saturated rings. The molecule has 0 heterocycles. The Morgan fingerprint density at radius 2 is 1.70 bits per heavy atom. The van der Waals surface area contributed by atoms with Crippen LogP contribution in [0.25, 0.3) is 0 Å². The molecule has 0 bridgehead atoms. The third-order valence-electron chi connectivity index (χ3n) is 2.63. The maximum atomic E-state index is 12.9. The minimum Gasteiger partial charge on any atom is -0.399 e. The molecule has 6 heteroatoms. The van der Waals surface area contributed by atoms with E-state index in [1.807, 2.05) is 0 Å². The maximum absolute atomic E-state index is 12.9. The Morgan fingerprint density at radius 1 is 1.05 bits per heavy atom. The smallest absolute Gasteiger partial charge is 0.399 e. The van der Waals surface area contributed by atoms with Crippen molar-refractivity contribution in [3.63, 3.8) is 0 Å². The second-order valence-corrected chi connectivity index (χ2v) is 4.12. The van der Waals surface area contributed by atoms with Crippen LogP contribution in [0.4, 0.5) is 24.5 Å². The van der Waals surface area contributed by atoms with E-state index in [-0.39, 0.29) is 16.9 Å². The van der Waals surface area contributed by atoms with E-state index in [1.165, 1.54) is 18.2 Å². The van der Waals surface area contributed by atoms with Gasteiger partial charge in [-0.2, -0.15) is 13.2 Å². The molecule has 2 aromatic rings. The van der Waals surface area contributed by atoms with Crippen LogP contribution in [0.1, 0.15) is 15.9 Å². The fourth-order valence-corrected chi connectivity index (χ4v) is 1.69. The molecule has 3 nitrogen and oxygen atoms in total. The van der Waals surface area contributed by atoms with Crippen LogP contribution >= 0.6 is 0 Å². The number of rotatable bonds is 2. The first kappa shape index (κ1) is 13.9. The average molecular weight is 280 g/mol. The molecule has 0 aromatic heterocycles. The standard InChI is InChI=1S/C14H11F3N2O/c15-14(16,17)11-8-10(18)6-7-12(11)19-13(20)9-4-2-1-3-5-9/h1-8H,18H2,(H,19,20). The first-order chi connectivity index (χ1) is 9.38. The Morgan fingerprint density at radius 3 is 2.30 bits per heavy atom. The zero-order chi connectivity index (χ0) is 14.8. The highest BCUT2D eigenvalue weighted by atomic mass is 19.4. The van der Waals surface area contributed by atoms with Crippen LogP contribution in [0.15, 0.2) is 48.5 Å². The normalized spacial score (nSPS) is 11.2. The van der Waals surface area contributed by atoms with Crippen molar-refractivity contribution in [1.82, 2.24) is 0 Å². The zero-order valence-electron chi connectivity index (χ0n) is 10.2. The fourth-order valence-electron chi connectivity index (χ4n) is 1.69. The summed E-state index contributed by atoms with van der Waals surface area (Å²) in [6.45, 7) is 0. The van der Waals surface area contributed by atoms with Crippen LogP contribution in [-0.2, 0) is 6.18 Å². The maximum Gasteiger partial charge on any atom is 0.418 e. The highest BCUT2D eigenvalue weighted by Gasteiger charge is 2.34. The molecule has 0 atom stereocenters. The Balaban J connectivity index is 2.33. The topological polar surface area (TPSA) is 55.1 Å². The summed E-state index contributed by atoms with van der Waals surface area (Å²) in [7, 11) is 0. The predicted molar refractivity (Wildman–Crippen MR) is 70.3 cm³/mol. The summed E-state index contributed by atoms with van der Waals surface area (Å²) in [5.74, 6) is -0.610. The lowest BCUT2D eigenvalue weighted by Crippen LogP contribution is -2.16. The van der Waals surface area contributed by atoms with Crippen molar-refractivity contribution in [2.45, 2.75) is 6.18 Å². The third-order valence-corrected chi connectivity index (χ3v) is 2.63. The molecular weight excluding hydrogens is 269 g/mol. The van der Waals surface area contributed by atoms with E-state index >= 15 is 0 Å². The molecular formula is C14H11F3N2O. The summed E-state index contributed by atoms with van der Waals surface area (Å²) in [6, 6.07) is 11.2. The molecule has 0 aliphatic heterocycles. The van der Waals surface area contributed by atoms with Gasteiger partial charge in [0.2, 0.25) is 0 Å². The highest BCUT2D eigenvalue weighted by molar-refractivity contribution is 6.04. The van der Waals surface area contributed by atoms with E-state index in [1.54, 1.807) is 18.2 Å². The first-order valence-electron chi connectivity index (χ1n) is 5.71. The second-order valence-electron chi connectivity index (χ2n) is 4.12. The van der Waals surface area contributed by atoms with E-state index in [4.69, 9.17) is 5.73 Å². The number of alkyl halides is 3. The van der Waals surface area contributed by atoms with Crippen molar-refractivity contribution in [2.24, 2.45) is 0 Å². The first-order valence-corrected chi connectivity index (χ1v) is 5.71. The van der Waals surface area contributed by atoms with Crippen molar-refractivity contribution in [3.8, 4) is 0 Å². The van der Waals surface area contributed by atoms with Crippen molar-refractivity contribution in [1.29, 1.82) is 0 Å². The number of hydrogen-bond acceptors (Lipinski definition) is 2. The number of nitrogen functional groups attached to an aromatic ring is 1. The summed E-state index contributed by atoms with van der Waals surface area (Å²) in [5, 5.41) is 2.25. The minimum absolute atomic E-state index is 0.0185. The van der Waals surface area contributed by atoms with Gasteiger partial charge in [0, 0.05) is 11.3 Å². The van der Waals surface area contributed by atoms with E-state index in [0.29, 0.717) is 0 Å². The fraction of sp³-hybridized carbons (Fsp3) is 0.0714. The number of anilines is 2. The summed E-state index contributed by atoms with van der Waals surface area (Å²) in [4.78, 5) is 11.9. The number of halogens is 3. The molecule has 0 radical (unpaired) electrons. The summed E-state index contributed by atoms with van der Waals surface area (Å²) < 4.78 is 38.6. The van der Waals surface area contributed by atoms with Gasteiger partial charge in [-0.25, -0.2) is 0 Å². The molecule has 0 spiro atoms. The van der Waals surface area contributed by atoms with Crippen LogP contribution < -0.4 is 11.1 Å². The van der Waals surface area contributed by atoms with Gasteiger partial charge in [-0.3, -0.25) is 4.79 Å². The SMILES string of the molecule is Nc1ccc(NC(=O)c2ccccc2)c(C(F)(F)F)c1. The number of nitrogens with two attached hydrogens (primary N) is 1. The van der Waals surface area contributed by atoms with Crippen LogP contribution in [0.3, 0.4) is 0 Å². The van der Waals surface area contributed by atoms with Crippen molar-refractivity contribution >= 4 is 17.3 Å². The number of benzene rings is 2. The third kappa shape index (κ3) is 3.09. The van der Waals surface area contributed by atoms with Gasteiger partial charge >= 0.3 is 6.18 Å². The number of hydrogen-bond donors (Lipinski definition) is 2. The number of carbonyl (C=O) groups excluding carboxylic acids is 1. The van der Waals surface area contributed by atoms with Crippen LogP contribution in [0.2, 0.25) is 0 Å². The van der Waals surface area contributed by atoms with E-state index in [9.17, 15) is 18.0 Å². The lowest BCUT2D eigenvalue weighted by atomic mass is 10.1. The molecule has 1 amide bonds. The van der Waals surface area contributed by atoms with Gasteiger partial charge < -0.3 is 11.1 Å². The van der Waals surface area contributed by atoms with Gasteiger partial charge in [-0.05, 0) is 30.3 Å². The van der Waals surface area contributed by atoms with E-state index in [2.05, 4.69) is 5.32 Å². The molecule has 2 rings (SSSR count). The molecule has 0 aliphatic carbocycles. The monoisotopic (exact) mass is 280 g/mol. The number of amides is 1. The van der Waals surface area contributed by atoms with Crippen molar-refractivity contribution < 1.29 is 18.0 Å². The summed E-state index contributed by atoms with van der Waals surface area (Å²) >= 11 is 0. The minimum atomic E-state index is -4.59. The molecule has 3 N–H and O–H groups in total. The van der Waals surface area contributed by atoms with Gasteiger partial charge in [0.05, 0.1) is 11.3 Å². The summed E-state index contributed by atoms with van der Waals surface area (Å²) in [6.07, 6.45) is -4.59. The lowest BCUT2D eigenvalue weighted by Gasteiger charge is -2.14. The quantitative estimate of drug-likeness (QED) is 0.827. The van der Waals surface area contributed by atoms with Crippen LogP contribution in [0.5, 0.6) is 0 Å². The Kier molecular flexibility index (Phi) is 3.65. The molecule has 20 heavy (non-hydrogen) atoms. The lowest BCUT2D eigenvalue weighted by molar-refractivity contribution is -0.136. The molecule has 0 saturated carbocycles. The second kappa shape index (κ2) is 5.24. The Hall–Kier alpha value is -2.50. The Labute approximate surface area is 113 Å². The molecule has 2 aromatic carbocycles. The van der Waals surface area contributed by atoms with E-state index < -0.39 is 17.6 Å². The van der Waals surface area contributed by atoms with E-state index in [0.717, 1.165) is 12.1 Å². The molecule has 0 aliphatic rings. The van der Waals surface area contributed by atoms with Gasteiger partial charge in [-0.1, -0.05) is 18.2 Å². The Bertz CT molecular complexity index is 624. The number of carbonyl (C=O) groups is 1. The predicted octanol–water partition coefficient (Wildman–Crippen LogP) is 3.54. The van der Waals surface area contributed by atoms with Gasteiger partial charge in [0.1, 0.15) is 0 Å². The van der Waals surface area contributed by atoms with Crippen LogP contribution in [0, 0.1) is 0 Å². The largest absolute Gasteiger partial charge is 0.418 e. The van der Waals surface area contributed by atoms with Gasteiger partial charge in [0.15, 0.2) is 0 Å². The average Bonchev–Trinajstić information content (AvgIpc) is 2.40. The molecule has 104 valence electrons. The zero-order valence-corrected chi connectivity index (χ0v) is 10.2. The van der Waals surface area contributed by atoms with Crippen LogP contribution in [-0.4, -0.2) is 5.91 Å². The molecule has 0 unspecified atom stereocenters. The summed E-state index contributed by atoms with van der Waals surface area (Å²) in [5.41, 5.74) is 4.32. The number of nitrogens with one attached hydrogen (secondary N) is 1. The van der Waals surface area contributed by atoms with Crippen molar-refractivity contribution in [2.75, 3.05) is 11.1 Å². The van der Waals surface area contributed by atoms with Gasteiger partial charge in [0.25, 0.3) is 5.91 Å².